The van der Waals surface area contributed by atoms with Crippen molar-refractivity contribution >= 4 is 5.97 Å². The number of hydrogen-bond donors (Lipinski definition) is 1. The topological polar surface area (TPSA) is 37.3 Å². The number of aliphatic carboxylic acids is 1. The molecule has 0 bridgehead atoms. The number of unbranched alkanes of at least 4 members (excludes halogenated alkanes) is 3. The van der Waals surface area contributed by atoms with Gasteiger partial charge in [0.25, 0.3) is 0 Å². The van der Waals surface area contributed by atoms with Gasteiger partial charge < -0.3 is 5.11 Å². The summed E-state index contributed by atoms with van der Waals surface area (Å²) in [6.45, 7) is 2.11. The first-order valence-electron chi connectivity index (χ1n) is 3.49. The lowest BCUT2D eigenvalue weighted by Crippen LogP contribution is -1.92. The van der Waals surface area contributed by atoms with E-state index in [1.807, 2.05) is 0 Å². The predicted octanol–water partition coefficient (Wildman–Crippen LogP) is 3.95. The number of rotatable bonds is 5. The lowest BCUT2D eigenvalue weighted by atomic mass is 10.2. The van der Waals surface area contributed by atoms with Crippen molar-refractivity contribution < 1.29 is 9.90 Å². The van der Waals surface area contributed by atoms with Crippen molar-refractivity contribution in [2.24, 2.45) is 0 Å². The van der Waals surface area contributed by atoms with Crippen molar-refractivity contribution in [3.8, 4) is 0 Å². The molecular weight excluding hydrogens is 152 g/mol. The first kappa shape index (κ1) is 22.5. The Morgan fingerprint density at radius 2 is 1.58 bits per heavy atom. The van der Waals surface area contributed by atoms with E-state index in [1.54, 1.807) is 0 Å². The average Bonchev–Trinajstić information content (AvgIpc) is 1.80. The van der Waals surface area contributed by atoms with Crippen molar-refractivity contribution in [3.05, 3.63) is 0 Å². The van der Waals surface area contributed by atoms with Gasteiger partial charge >= 0.3 is 5.97 Å². The highest BCUT2D eigenvalue weighted by Crippen LogP contribution is 2.01. The minimum Gasteiger partial charge on any atom is -0.481 e. The quantitative estimate of drug-likeness (QED) is 0.647. The molecule has 0 spiro atoms. The molecule has 0 aliphatic carbocycles. The second kappa shape index (κ2) is 16.8. The van der Waals surface area contributed by atoms with E-state index in [1.165, 1.54) is 6.42 Å². The Hall–Kier alpha value is -0.530. The van der Waals surface area contributed by atoms with Crippen LogP contribution in [0.2, 0.25) is 0 Å². The molecule has 1 N–H and O–H groups in total. The van der Waals surface area contributed by atoms with Crippen LogP contribution in [0.25, 0.3) is 0 Å². The van der Waals surface area contributed by atoms with Crippen LogP contribution < -0.4 is 0 Å². The standard InChI is InChI=1S/C7H14O2.3CH4/c1-2-3-4-5-6-7(8)9;;;/h2-6H2,1H3,(H,8,9);3*1H4. The smallest absolute Gasteiger partial charge is 0.303 e. The summed E-state index contributed by atoms with van der Waals surface area (Å²) in [7, 11) is 0. The van der Waals surface area contributed by atoms with Gasteiger partial charge in [0.1, 0.15) is 0 Å². The average molecular weight is 178 g/mol. The Labute approximate surface area is 78.0 Å². The molecule has 0 aliphatic heterocycles. The van der Waals surface area contributed by atoms with Crippen molar-refractivity contribution in [1.29, 1.82) is 0 Å². The van der Waals surface area contributed by atoms with Gasteiger partial charge in [-0.05, 0) is 6.42 Å². The predicted molar refractivity (Wildman–Crippen MR) is 56.6 cm³/mol. The van der Waals surface area contributed by atoms with Crippen LogP contribution in [0.3, 0.4) is 0 Å². The van der Waals surface area contributed by atoms with E-state index in [0.717, 1.165) is 19.3 Å². The number of hydrogen-bond acceptors (Lipinski definition) is 1. The molecule has 0 saturated heterocycles. The van der Waals surface area contributed by atoms with Gasteiger partial charge in [-0.25, -0.2) is 0 Å². The first-order chi connectivity index (χ1) is 4.27. The van der Waals surface area contributed by atoms with Crippen molar-refractivity contribution in [2.75, 3.05) is 0 Å². The van der Waals surface area contributed by atoms with Gasteiger partial charge in [-0.1, -0.05) is 48.5 Å². The van der Waals surface area contributed by atoms with Crippen LogP contribution >= 0.6 is 0 Å². The van der Waals surface area contributed by atoms with E-state index >= 15 is 0 Å². The first-order valence-corrected chi connectivity index (χ1v) is 3.49. The van der Waals surface area contributed by atoms with Gasteiger partial charge in [-0.2, -0.15) is 0 Å². The molecule has 0 aliphatic rings. The van der Waals surface area contributed by atoms with Crippen LogP contribution in [0.1, 0.15) is 61.3 Å². The molecule has 0 saturated carbocycles. The van der Waals surface area contributed by atoms with E-state index in [4.69, 9.17) is 5.11 Å². The zero-order valence-corrected chi connectivity index (χ0v) is 5.89. The molecule has 78 valence electrons. The minimum absolute atomic E-state index is 0. The number of carboxylic acid groups (broad SMARTS) is 1. The van der Waals surface area contributed by atoms with Gasteiger partial charge in [-0.3, -0.25) is 4.79 Å². The van der Waals surface area contributed by atoms with Crippen LogP contribution in [-0.2, 0) is 4.79 Å². The zero-order chi connectivity index (χ0) is 7.11. The second-order valence-corrected chi connectivity index (χ2v) is 2.20. The summed E-state index contributed by atoms with van der Waals surface area (Å²) < 4.78 is 0. The molecule has 0 aromatic heterocycles. The summed E-state index contributed by atoms with van der Waals surface area (Å²) in [5.74, 6) is -0.675. The molecule has 12 heavy (non-hydrogen) atoms. The highest BCUT2D eigenvalue weighted by molar-refractivity contribution is 5.66. The minimum atomic E-state index is -0.675. The van der Waals surface area contributed by atoms with E-state index in [-0.39, 0.29) is 22.3 Å². The lowest BCUT2D eigenvalue weighted by molar-refractivity contribution is -0.137. The maximum atomic E-state index is 9.96. The van der Waals surface area contributed by atoms with Crippen molar-refractivity contribution in [3.63, 3.8) is 0 Å². The highest BCUT2D eigenvalue weighted by atomic mass is 16.4. The third-order valence-corrected chi connectivity index (χ3v) is 1.24. The maximum Gasteiger partial charge on any atom is 0.303 e. The molecule has 0 amide bonds. The molecule has 0 aromatic carbocycles. The number of carbonyl (C=O) groups is 1. The van der Waals surface area contributed by atoms with Crippen LogP contribution in [0.15, 0.2) is 0 Å². The fourth-order valence-electron chi connectivity index (χ4n) is 0.703. The molecule has 0 unspecified atom stereocenters. The third-order valence-electron chi connectivity index (χ3n) is 1.24. The monoisotopic (exact) mass is 178 g/mol. The van der Waals surface area contributed by atoms with E-state index in [0.29, 0.717) is 6.42 Å². The SMILES string of the molecule is C.C.C.CCCCCCC(=O)O. The highest BCUT2D eigenvalue weighted by Gasteiger charge is 1.93. The maximum absolute atomic E-state index is 9.96. The summed E-state index contributed by atoms with van der Waals surface area (Å²) in [5.41, 5.74) is 0. The fraction of sp³-hybridized carbons (Fsp3) is 0.900. The van der Waals surface area contributed by atoms with Crippen LogP contribution in [-0.4, -0.2) is 11.1 Å². The van der Waals surface area contributed by atoms with Crippen LogP contribution in [0.4, 0.5) is 0 Å². The van der Waals surface area contributed by atoms with Crippen LogP contribution in [0, 0.1) is 0 Å². The van der Waals surface area contributed by atoms with Crippen molar-refractivity contribution in [1.82, 2.24) is 0 Å². The molecule has 0 aromatic rings. The van der Waals surface area contributed by atoms with E-state index < -0.39 is 5.97 Å². The Kier molecular flexibility index (Phi) is 31.6. The Morgan fingerprint density at radius 3 is 1.92 bits per heavy atom. The lowest BCUT2D eigenvalue weighted by Gasteiger charge is -1.92. The summed E-state index contributed by atoms with van der Waals surface area (Å²) in [6.07, 6.45) is 4.55. The number of carboxylic acids is 1. The Morgan fingerprint density at radius 1 is 1.08 bits per heavy atom. The molecule has 2 heteroatoms. The fourth-order valence-corrected chi connectivity index (χ4v) is 0.703. The summed E-state index contributed by atoms with van der Waals surface area (Å²) in [6, 6.07) is 0. The third kappa shape index (κ3) is 22.7. The van der Waals surface area contributed by atoms with Gasteiger partial charge in [-0.15, -0.1) is 0 Å². The van der Waals surface area contributed by atoms with Gasteiger partial charge in [0.15, 0.2) is 0 Å². The Balaban J connectivity index is -0.000000107. The van der Waals surface area contributed by atoms with Crippen LogP contribution in [0.5, 0.6) is 0 Å². The zero-order valence-electron chi connectivity index (χ0n) is 5.89. The molecule has 0 heterocycles. The molecular formula is C10H26O2. The molecule has 0 rings (SSSR count). The summed E-state index contributed by atoms with van der Waals surface area (Å²) in [4.78, 5) is 9.96. The van der Waals surface area contributed by atoms with Gasteiger partial charge in [0.2, 0.25) is 0 Å². The molecule has 0 fully saturated rings. The molecule has 0 radical (unpaired) electrons. The molecule has 0 atom stereocenters. The second-order valence-electron chi connectivity index (χ2n) is 2.20. The summed E-state index contributed by atoms with van der Waals surface area (Å²) >= 11 is 0. The van der Waals surface area contributed by atoms with Gasteiger partial charge in [0, 0.05) is 6.42 Å². The van der Waals surface area contributed by atoms with E-state index in [2.05, 4.69) is 6.92 Å². The van der Waals surface area contributed by atoms with Gasteiger partial charge in [0.05, 0.1) is 0 Å². The largest absolute Gasteiger partial charge is 0.481 e. The van der Waals surface area contributed by atoms with E-state index in [9.17, 15) is 4.79 Å². The Bertz CT molecular complexity index is 79.9. The van der Waals surface area contributed by atoms with Crippen molar-refractivity contribution in [2.45, 2.75) is 61.3 Å². The molecule has 2 nitrogen and oxygen atoms in total. The summed E-state index contributed by atoms with van der Waals surface area (Å²) in [5, 5.41) is 8.21. The normalized spacial score (nSPS) is 7.08.